The number of aryl methyl sites for hydroxylation is 1. The van der Waals surface area contributed by atoms with Gasteiger partial charge in [0.15, 0.2) is 0 Å². The molecule has 3 aromatic rings. The summed E-state index contributed by atoms with van der Waals surface area (Å²) >= 11 is 0. The van der Waals surface area contributed by atoms with E-state index in [1.165, 1.54) is 4.90 Å². The monoisotopic (exact) mass is 444 g/mol. The van der Waals surface area contributed by atoms with Crippen molar-refractivity contribution in [2.75, 3.05) is 18.6 Å². The van der Waals surface area contributed by atoms with Crippen LogP contribution in [0.4, 0.5) is 5.69 Å². The van der Waals surface area contributed by atoms with Crippen LogP contribution >= 0.6 is 0 Å². The molecular weight excluding hydrogens is 420 g/mol. The average molecular weight is 444 g/mol. The number of amides is 1. The molecule has 1 saturated heterocycles. The van der Waals surface area contributed by atoms with Gasteiger partial charge in [-0.25, -0.2) is 0 Å². The molecule has 1 aliphatic heterocycles. The number of carbonyl (C=O) groups excluding carboxylic acids is 2. The van der Waals surface area contributed by atoms with Crippen molar-refractivity contribution in [3.05, 3.63) is 89.3 Å². The molecule has 2 aromatic carbocycles. The first kappa shape index (κ1) is 22.1. The fourth-order valence-electron chi connectivity index (χ4n) is 3.97. The molecule has 33 heavy (non-hydrogen) atoms. The number of hydrogen-bond donors (Lipinski definition) is 1. The quantitative estimate of drug-likeness (QED) is 0.344. The Morgan fingerprint density at radius 2 is 1.85 bits per heavy atom. The minimum Gasteiger partial charge on any atom is -0.507 e. The normalized spacial score (nSPS) is 17.3. The number of aromatic nitrogens is 1. The highest BCUT2D eigenvalue weighted by Gasteiger charge is 2.47. The molecular formula is C26H24N2O5. The number of Topliss-reactive ketones (excluding diaryl/α,β-unsaturated/α-hetero) is 1. The van der Waals surface area contributed by atoms with E-state index in [4.69, 9.17) is 9.47 Å². The Kier molecular flexibility index (Phi) is 6.13. The first-order valence-electron chi connectivity index (χ1n) is 10.6. The first-order valence-corrected chi connectivity index (χ1v) is 10.6. The van der Waals surface area contributed by atoms with E-state index in [1.807, 2.05) is 13.8 Å². The summed E-state index contributed by atoms with van der Waals surface area (Å²) in [5, 5.41) is 11.2. The number of benzene rings is 2. The Hall–Kier alpha value is -4.13. The van der Waals surface area contributed by atoms with Crippen molar-refractivity contribution in [2.24, 2.45) is 0 Å². The van der Waals surface area contributed by atoms with Gasteiger partial charge in [-0.05, 0) is 74.0 Å². The van der Waals surface area contributed by atoms with E-state index in [0.717, 1.165) is 5.56 Å². The van der Waals surface area contributed by atoms with Crippen LogP contribution in [0.5, 0.6) is 11.5 Å². The molecule has 1 fully saturated rings. The van der Waals surface area contributed by atoms with E-state index in [9.17, 15) is 14.7 Å². The zero-order valence-electron chi connectivity index (χ0n) is 18.6. The summed E-state index contributed by atoms with van der Waals surface area (Å²) in [6.45, 7) is 4.23. The molecule has 7 nitrogen and oxygen atoms in total. The Bertz CT molecular complexity index is 1220. The van der Waals surface area contributed by atoms with E-state index >= 15 is 0 Å². The summed E-state index contributed by atoms with van der Waals surface area (Å²) in [6, 6.07) is 16.3. The van der Waals surface area contributed by atoms with Gasteiger partial charge < -0.3 is 14.6 Å². The van der Waals surface area contributed by atoms with Crippen LogP contribution in [0.2, 0.25) is 0 Å². The molecule has 0 radical (unpaired) electrons. The molecule has 0 spiro atoms. The van der Waals surface area contributed by atoms with Gasteiger partial charge >= 0.3 is 0 Å². The van der Waals surface area contributed by atoms with Gasteiger partial charge in [0, 0.05) is 17.4 Å². The summed E-state index contributed by atoms with van der Waals surface area (Å²) in [5.74, 6) is -0.459. The van der Waals surface area contributed by atoms with Crippen LogP contribution in [-0.2, 0) is 9.59 Å². The third kappa shape index (κ3) is 4.05. The minimum absolute atomic E-state index is 0.0165. The number of ether oxygens (including phenoxy) is 2. The molecule has 1 amide bonds. The zero-order valence-corrected chi connectivity index (χ0v) is 18.6. The lowest BCUT2D eigenvalue weighted by Gasteiger charge is -2.24. The van der Waals surface area contributed by atoms with Crippen molar-refractivity contribution in [3.8, 4) is 11.5 Å². The SMILES string of the molecule is CCOc1ccc(N2C(=O)C(=O)/C(=C(\O)c3ccc(OC)c(C)c3)C2c2ccccn2)cc1. The Morgan fingerprint density at radius 1 is 1.09 bits per heavy atom. The number of nitrogens with zero attached hydrogens (tertiary/aromatic N) is 2. The number of pyridine rings is 1. The first-order chi connectivity index (χ1) is 16.0. The summed E-state index contributed by atoms with van der Waals surface area (Å²) in [4.78, 5) is 32.1. The molecule has 0 bridgehead atoms. The predicted octanol–water partition coefficient (Wildman–Crippen LogP) is 4.42. The van der Waals surface area contributed by atoms with Crippen LogP contribution in [0.15, 0.2) is 72.4 Å². The number of rotatable bonds is 6. The van der Waals surface area contributed by atoms with Gasteiger partial charge in [-0.2, -0.15) is 0 Å². The smallest absolute Gasteiger partial charge is 0.300 e. The van der Waals surface area contributed by atoms with Crippen LogP contribution in [0.3, 0.4) is 0 Å². The largest absolute Gasteiger partial charge is 0.507 e. The number of hydrogen-bond acceptors (Lipinski definition) is 6. The molecule has 4 rings (SSSR count). The number of anilines is 1. The highest BCUT2D eigenvalue weighted by molar-refractivity contribution is 6.51. The average Bonchev–Trinajstić information content (AvgIpc) is 3.10. The molecule has 0 aliphatic carbocycles. The topological polar surface area (TPSA) is 89.0 Å². The van der Waals surface area contributed by atoms with Gasteiger partial charge in [0.2, 0.25) is 0 Å². The summed E-state index contributed by atoms with van der Waals surface area (Å²) < 4.78 is 10.8. The molecule has 7 heteroatoms. The molecule has 0 saturated carbocycles. The van der Waals surface area contributed by atoms with Crippen molar-refractivity contribution < 1.29 is 24.2 Å². The third-order valence-corrected chi connectivity index (χ3v) is 5.51. The maximum absolute atomic E-state index is 13.2. The van der Waals surface area contributed by atoms with E-state index < -0.39 is 17.7 Å². The number of aliphatic hydroxyl groups is 1. The van der Waals surface area contributed by atoms with Crippen molar-refractivity contribution in [3.63, 3.8) is 0 Å². The van der Waals surface area contributed by atoms with Crippen molar-refractivity contribution in [1.29, 1.82) is 0 Å². The maximum Gasteiger partial charge on any atom is 0.300 e. The van der Waals surface area contributed by atoms with Crippen LogP contribution < -0.4 is 14.4 Å². The van der Waals surface area contributed by atoms with Crippen LogP contribution in [-0.4, -0.2) is 35.5 Å². The summed E-state index contributed by atoms with van der Waals surface area (Å²) in [6.07, 6.45) is 1.59. The Labute approximate surface area is 191 Å². The molecule has 1 unspecified atom stereocenters. The fraction of sp³-hybridized carbons (Fsp3) is 0.192. The lowest BCUT2D eigenvalue weighted by atomic mass is 9.97. The predicted molar refractivity (Wildman–Crippen MR) is 124 cm³/mol. The highest BCUT2D eigenvalue weighted by atomic mass is 16.5. The van der Waals surface area contributed by atoms with Crippen LogP contribution in [0, 0.1) is 6.92 Å². The summed E-state index contributed by atoms with van der Waals surface area (Å²) in [5.41, 5.74) is 2.16. The van der Waals surface area contributed by atoms with Gasteiger partial charge in [0.1, 0.15) is 23.3 Å². The lowest BCUT2D eigenvalue weighted by Crippen LogP contribution is -2.29. The molecule has 1 N–H and O–H groups in total. The van der Waals surface area contributed by atoms with Gasteiger partial charge in [-0.1, -0.05) is 6.07 Å². The molecule has 2 heterocycles. The second kappa shape index (κ2) is 9.16. The second-order valence-electron chi connectivity index (χ2n) is 7.54. The second-order valence-corrected chi connectivity index (χ2v) is 7.54. The molecule has 1 aromatic heterocycles. The van der Waals surface area contributed by atoms with Crippen LogP contribution in [0.25, 0.3) is 5.76 Å². The van der Waals surface area contributed by atoms with Gasteiger partial charge in [0.05, 0.1) is 25.0 Å². The van der Waals surface area contributed by atoms with Crippen molar-refractivity contribution >= 4 is 23.1 Å². The fourth-order valence-corrected chi connectivity index (χ4v) is 3.97. The van der Waals surface area contributed by atoms with E-state index in [2.05, 4.69) is 4.98 Å². The molecule has 1 atom stereocenters. The third-order valence-electron chi connectivity index (χ3n) is 5.51. The van der Waals surface area contributed by atoms with Gasteiger partial charge in [-0.15, -0.1) is 0 Å². The molecule has 1 aliphatic rings. The maximum atomic E-state index is 13.2. The van der Waals surface area contributed by atoms with E-state index in [0.29, 0.717) is 35.1 Å². The Balaban J connectivity index is 1.87. The summed E-state index contributed by atoms with van der Waals surface area (Å²) in [7, 11) is 1.56. The number of aliphatic hydroxyl groups excluding tert-OH is 1. The number of carbonyl (C=O) groups is 2. The van der Waals surface area contributed by atoms with Gasteiger partial charge in [-0.3, -0.25) is 19.5 Å². The minimum atomic E-state index is -0.883. The molecule has 168 valence electrons. The van der Waals surface area contributed by atoms with E-state index in [1.54, 1.807) is 74.0 Å². The number of ketones is 1. The highest BCUT2D eigenvalue weighted by Crippen LogP contribution is 2.42. The van der Waals surface area contributed by atoms with Crippen molar-refractivity contribution in [2.45, 2.75) is 19.9 Å². The lowest BCUT2D eigenvalue weighted by molar-refractivity contribution is -0.132. The number of methoxy groups -OCH3 is 1. The zero-order chi connectivity index (χ0) is 23.5. The van der Waals surface area contributed by atoms with Crippen LogP contribution in [0.1, 0.15) is 29.8 Å². The standard InChI is InChI=1S/C26H24N2O5/c1-4-33-19-11-9-18(10-12-19)28-23(20-7-5-6-14-27-20)22(25(30)26(28)31)24(29)17-8-13-21(32-3)16(2)15-17/h5-15,23,29H,4H2,1-3H3/b24-22-. The van der Waals surface area contributed by atoms with Gasteiger partial charge in [0.25, 0.3) is 11.7 Å². The van der Waals surface area contributed by atoms with E-state index in [-0.39, 0.29) is 11.3 Å². The Morgan fingerprint density at radius 3 is 2.45 bits per heavy atom. The van der Waals surface area contributed by atoms with Crippen molar-refractivity contribution in [1.82, 2.24) is 4.98 Å².